The average Bonchev–Trinajstić information content (AvgIpc) is 2.22. The Morgan fingerprint density at radius 3 is 2.44 bits per heavy atom. The molecule has 0 aromatic heterocycles. The summed E-state index contributed by atoms with van der Waals surface area (Å²) >= 11 is 0. The average molecular weight is 274 g/mol. The van der Waals surface area contributed by atoms with Gasteiger partial charge in [0.05, 0.1) is 5.75 Å². The van der Waals surface area contributed by atoms with Crippen molar-refractivity contribution in [3.63, 3.8) is 0 Å². The summed E-state index contributed by atoms with van der Waals surface area (Å²) in [5.74, 6) is -2.45. The Kier molecular flexibility index (Phi) is 3.81. The van der Waals surface area contributed by atoms with Gasteiger partial charge in [-0.1, -0.05) is 6.07 Å². The Balaban J connectivity index is 3.18. The van der Waals surface area contributed by atoms with Crippen molar-refractivity contribution in [2.45, 2.75) is 31.3 Å². The number of carboxylic acids is 1. The van der Waals surface area contributed by atoms with Crippen molar-refractivity contribution in [1.29, 1.82) is 0 Å². The van der Waals surface area contributed by atoms with Gasteiger partial charge in [0.15, 0.2) is 14.6 Å². The predicted octanol–water partition coefficient (Wildman–Crippen LogP) is 1.91. The molecule has 0 bridgehead atoms. The molecule has 0 heterocycles. The maximum atomic E-state index is 13.1. The van der Waals surface area contributed by atoms with Gasteiger partial charge in [-0.2, -0.15) is 0 Å². The zero-order valence-electron chi connectivity index (χ0n) is 10.4. The van der Waals surface area contributed by atoms with E-state index in [4.69, 9.17) is 5.11 Å². The van der Waals surface area contributed by atoms with Gasteiger partial charge in [0, 0.05) is 0 Å². The maximum Gasteiger partial charge on any atom is 0.324 e. The molecule has 1 rings (SSSR count). The van der Waals surface area contributed by atoms with Crippen LogP contribution in [0.2, 0.25) is 0 Å². The molecule has 0 spiro atoms. The van der Waals surface area contributed by atoms with E-state index < -0.39 is 32.1 Å². The van der Waals surface area contributed by atoms with Gasteiger partial charge in [0.1, 0.15) is 5.82 Å². The van der Waals surface area contributed by atoms with E-state index in [9.17, 15) is 17.6 Å². The fourth-order valence-corrected chi connectivity index (χ4v) is 2.66. The minimum atomic E-state index is -3.92. The van der Waals surface area contributed by atoms with Crippen molar-refractivity contribution in [3.05, 3.63) is 35.1 Å². The van der Waals surface area contributed by atoms with Gasteiger partial charge in [0.2, 0.25) is 0 Å². The van der Waals surface area contributed by atoms with Crippen LogP contribution in [0.15, 0.2) is 18.2 Å². The number of rotatable bonds is 4. The molecule has 0 radical (unpaired) electrons. The molecule has 100 valence electrons. The van der Waals surface area contributed by atoms with Crippen LogP contribution in [0.25, 0.3) is 0 Å². The fourth-order valence-electron chi connectivity index (χ4n) is 1.31. The van der Waals surface area contributed by atoms with Crippen molar-refractivity contribution in [1.82, 2.24) is 0 Å². The van der Waals surface area contributed by atoms with E-state index >= 15 is 0 Å². The lowest BCUT2D eigenvalue weighted by Gasteiger charge is -2.20. The van der Waals surface area contributed by atoms with E-state index in [1.807, 2.05) is 0 Å². The minimum Gasteiger partial charge on any atom is -0.480 e. The molecule has 18 heavy (non-hydrogen) atoms. The predicted molar refractivity (Wildman–Crippen MR) is 65.5 cm³/mol. The van der Waals surface area contributed by atoms with E-state index in [0.29, 0.717) is 5.56 Å². The van der Waals surface area contributed by atoms with Crippen molar-refractivity contribution >= 4 is 15.8 Å². The molecular formula is C12H15FO4S. The van der Waals surface area contributed by atoms with Gasteiger partial charge in [-0.3, -0.25) is 4.79 Å². The van der Waals surface area contributed by atoms with Gasteiger partial charge in [0.25, 0.3) is 0 Å². The number of hydrogen-bond acceptors (Lipinski definition) is 3. The molecule has 6 heteroatoms. The van der Waals surface area contributed by atoms with Crippen molar-refractivity contribution in [3.8, 4) is 0 Å². The smallest absolute Gasteiger partial charge is 0.324 e. The number of hydrogen-bond donors (Lipinski definition) is 1. The molecule has 0 aliphatic heterocycles. The molecule has 0 saturated carbocycles. The summed E-state index contributed by atoms with van der Waals surface area (Å²) in [6.45, 7) is 3.90. The lowest BCUT2D eigenvalue weighted by molar-refractivity contribution is -0.139. The molecule has 0 atom stereocenters. The number of carbonyl (C=O) groups is 1. The van der Waals surface area contributed by atoms with Crippen molar-refractivity contribution < 1.29 is 22.7 Å². The topological polar surface area (TPSA) is 71.4 Å². The number of benzene rings is 1. The molecule has 0 aliphatic rings. The third-order valence-corrected chi connectivity index (χ3v) is 5.37. The van der Waals surface area contributed by atoms with E-state index in [1.54, 1.807) is 6.92 Å². The lowest BCUT2D eigenvalue weighted by atomic mass is 10.1. The molecular weight excluding hydrogens is 259 g/mol. The maximum absolute atomic E-state index is 13.1. The van der Waals surface area contributed by atoms with Gasteiger partial charge in [-0.15, -0.1) is 0 Å². The largest absolute Gasteiger partial charge is 0.480 e. The number of aliphatic carboxylic acids is 1. The van der Waals surface area contributed by atoms with Crippen LogP contribution in [0.5, 0.6) is 0 Å². The Morgan fingerprint density at radius 1 is 1.39 bits per heavy atom. The van der Waals surface area contributed by atoms with E-state index in [-0.39, 0.29) is 5.56 Å². The standard InChI is InChI=1S/C12H15FO4S/c1-8-4-5-10(13)6-9(8)7-18(16,17)12(2,3)11(14)15/h4-6H,7H2,1-3H3,(H,14,15). The molecule has 1 aromatic rings. The molecule has 0 aliphatic carbocycles. The van der Waals surface area contributed by atoms with Gasteiger partial charge >= 0.3 is 5.97 Å². The Bertz CT molecular complexity index is 576. The molecule has 0 amide bonds. The number of aryl methyl sites for hydroxylation is 1. The second-order valence-corrected chi connectivity index (χ2v) is 7.18. The first-order valence-electron chi connectivity index (χ1n) is 5.28. The summed E-state index contributed by atoms with van der Waals surface area (Å²) in [4.78, 5) is 11.0. The van der Waals surface area contributed by atoms with Crippen LogP contribution in [-0.4, -0.2) is 24.2 Å². The summed E-state index contributed by atoms with van der Waals surface area (Å²) in [6.07, 6.45) is 0. The van der Waals surface area contributed by atoms with Gasteiger partial charge < -0.3 is 5.11 Å². The first-order valence-corrected chi connectivity index (χ1v) is 6.94. The van der Waals surface area contributed by atoms with Crippen LogP contribution in [0.3, 0.4) is 0 Å². The summed E-state index contributed by atoms with van der Waals surface area (Å²) in [5.41, 5.74) is 0.894. The van der Waals surface area contributed by atoms with Crippen LogP contribution in [0, 0.1) is 12.7 Å². The first-order chi connectivity index (χ1) is 8.08. The van der Waals surface area contributed by atoms with E-state index in [0.717, 1.165) is 19.9 Å². The Labute approximate surface area is 105 Å². The summed E-state index contributed by atoms with van der Waals surface area (Å²) in [5, 5.41) is 8.93. The molecule has 0 fully saturated rings. The summed E-state index contributed by atoms with van der Waals surface area (Å²) < 4.78 is 35.2. The van der Waals surface area contributed by atoms with Crippen LogP contribution in [-0.2, 0) is 20.4 Å². The second-order valence-electron chi connectivity index (χ2n) is 4.65. The summed E-state index contributed by atoms with van der Waals surface area (Å²) in [7, 11) is -3.92. The highest BCUT2D eigenvalue weighted by Gasteiger charge is 2.41. The van der Waals surface area contributed by atoms with Crippen LogP contribution < -0.4 is 0 Å². The van der Waals surface area contributed by atoms with Crippen LogP contribution >= 0.6 is 0 Å². The summed E-state index contributed by atoms with van der Waals surface area (Å²) in [6, 6.07) is 3.81. The van der Waals surface area contributed by atoms with Gasteiger partial charge in [-0.05, 0) is 44.0 Å². The molecule has 0 unspecified atom stereocenters. The number of sulfone groups is 1. The Morgan fingerprint density at radius 2 is 1.94 bits per heavy atom. The normalized spacial score (nSPS) is 12.4. The Hall–Kier alpha value is -1.43. The zero-order chi connectivity index (χ0) is 14.1. The SMILES string of the molecule is Cc1ccc(F)cc1CS(=O)(=O)C(C)(C)C(=O)O. The highest BCUT2D eigenvalue weighted by Crippen LogP contribution is 2.23. The quantitative estimate of drug-likeness (QED) is 0.910. The lowest BCUT2D eigenvalue weighted by Crippen LogP contribution is -2.41. The number of halogens is 1. The molecule has 1 N–H and O–H groups in total. The van der Waals surface area contributed by atoms with Crippen molar-refractivity contribution in [2.75, 3.05) is 0 Å². The van der Waals surface area contributed by atoms with Crippen LogP contribution in [0.4, 0.5) is 4.39 Å². The van der Waals surface area contributed by atoms with E-state index in [2.05, 4.69) is 0 Å². The van der Waals surface area contributed by atoms with Crippen LogP contribution in [0.1, 0.15) is 25.0 Å². The minimum absolute atomic E-state index is 0.282. The third-order valence-electron chi connectivity index (χ3n) is 2.95. The monoisotopic (exact) mass is 274 g/mol. The number of carboxylic acid groups (broad SMARTS) is 1. The van der Waals surface area contributed by atoms with Crippen molar-refractivity contribution in [2.24, 2.45) is 0 Å². The highest BCUT2D eigenvalue weighted by atomic mass is 32.2. The highest BCUT2D eigenvalue weighted by molar-refractivity contribution is 7.92. The zero-order valence-corrected chi connectivity index (χ0v) is 11.2. The molecule has 4 nitrogen and oxygen atoms in total. The molecule has 1 aromatic carbocycles. The van der Waals surface area contributed by atoms with Gasteiger partial charge in [-0.25, -0.2) is 12.8 Å². The first kappa shape index (κ1) is 14.6. The van der Waals surface area contributed by atoms with E-state index in [1.165, 1.54) is 12.1 Å². The third kappa shape index (κ3) is 2.69. The fraction of sp³-hybridized carbons (Fsp3) is 0.417. The molecule has 0 saturated heterocycles. The second kappa shape index (κ2) is 4.68.